The van der Waals surface area contributed by atoms with Gasteiger partial charge in [0.15, 0.2) is 6.10 Å². The summed E-state index contributed by atoms with van der Waals surface area (Å²) in [4.78, 5) is 48.5. The Balaban J connectivity index is 4.69. The molecule has 0 radical (unpaired) electrons. The van der Waals surface area contributed by atoms with Crippen LogP contribution in [0.2, 0.25) is 0 Å². The van der Waals surface area contributed by atoms with Gasteiger partial charge in [-0.15, -0.1) is 0 Å². The normalized spacial score (nSPS) is 13.6. The molecule has 3 unspecified atom stereocenters. The van der Waals surface area contributed by atoms with E-state index in [-0.39, 0.29) is 25.9 Å². The van der Waals surface area contributed by atoms with Crippen LogP contribution in [-0.4, -0.2) is 66.5 Å². The van der Waals surface area contributed by atoms with Crippen LogP contribution in [0.1, 0.15) is 290 Å². The lowest BCUT2D eigenvalue weighted by atomic mass is 10.0. The van der Waals surface area contributed by atoms with Gasteiger partial charge in [0.25, 0.3) is 0 Å². The number of hydrogen-bond acceptors (Lipinski definition) is 10. The molecule has 2 N–H and O–H groups in total. The summed E-state index contributed by atoms with van der Waals surface area (Å²) >= 11 is 0. The van der Waals surface area contributed by atoms with Crippen molar-refractivity contribution in [3.05, 3.63) is 36.5 Å². The Morgan fingerprint density at radius 3 is 1.08 bits per heavy atom. The van der Waals surface area contributed by atoms with E-state index in [9.17, 15) is 28.9 Å². The van der Waals surface area contributed by atoms with E-state index in [1.165, 1.54) is 135 Å². The molecule has 0 aromatic carbocycles. The quantitative estimate of drug-likeness (QED) is 0.0197. The van der Waals surface area contributed by atoms with Crippen molar-refractivity contribution in [1.82, 2.24) is 0 Å². The first-order valence-electron chi connectivity index (χ1n) is 29.9. The molecule has 72 heavy (non-hydrogen) atoms. The summed E-state index contributed by atoms with van der Waals surface area (Å²) in [6.07, 6.45) is 56.6. The molecule has 0 heterocycles. The molecule has 0 spiro atoms. The van der Waals surface area contributed by atoms with Crippen LogP contribution in [0.15, 0.2) is 36.5 Å². The van der Waals surface area contributed by atoms with Gasteiger partial charge in [-0.1, -0.05) is 231 Å². The predicted molar refractivity (Wildman–Crippen MR) is 298 cm³/mol. The van der Waals surface area contributed by atoms with Crippen LogP contribution in [0.3, 0.4) is 0 Å². The number of hydrogen-bond donors (Lipinski definition) is 2. The summed E-state index contributed by atoms with van der Waals surface area (Å²) in [6.45, 7) is 4.63. The number of rotatable bonds is 56. The summed E-state index contributed by atoms with van der Waals surface area (Å²) in [7, 11) is -4.75. The maximum Gasteiger partial charge on any atom is 0.472 e. The fourth-order valence-corrected chi connectivity index (χ4v) is 9.23. The van der Waals surface area contributed by atoms with E-state index < -0.39 is 57.8 Å². The number of phosphoric acid groups is 1. The van der Waals surface area contributed by atoms with E-state index in [1.54, 1.807) is 0 Å². The molecule has 0 rings (SSSR count). The van der Waals surface area contributed by atoms with Crippen LogP contribution in [0.5, 0.6) is 0 Å². The van der Waals surface area contributed by atoms with Gasteiger partial charge in [-0.25, -0.2) is 4.57 Å². The summed E-state index contributed by atoms with van der Waals surface area (Å²) in [5.74, 6) is -1.46. The first kappa shape index (κ1) is 69.7. The highest BCUT2D eigenvalue weighted by Gasteiger charge is 2.28. The minimum absolute atomic E-state index is 0.160. The van der Waals surface area contributed by atoms with E-state index in [0.717, 1.165) is 96.3 Å². The number of allylic oxidation sites excluding steroid dienone is 6. The number of carbonyl (C=O) groups excluding carboxylic acids is 3. The van der Waals surface area contributed by atoms with Gasteiger partial charge in [0.1, 0.15) is 12.7 Å². The first-order valence-corrected chi connectivity index (χ1v) is 31.4. The zero-order valence-corrected chi connectivity index (χ0v) is 47.6. The molecule has 0 aromatic heterocycles. The number of aliphatic hydroxyl groups excluding tert-OH is 1. The number of phosphoric ester groups is 1. The van der Waals surface area contributed by atoms with E-state index >= 15 is 0 Å². The molecule has 0 saturated carbocycles. The van der Waals surface area contributed by atoms with Crippen LogP contribution in [0.4, 0.5) is 0 Å². The van der Waals surface area contributed by atoms with Crippen molar-refractivity contribution in [3.63, 3.8) is 0 Å². The average Bonchev–Trinajstić information content (AvgIpc) is 3.37. The summed E-state index contributed by atoms with van der Waals surface area (Å²) < 4.78 is 39.6. The van der Waals surface area contributed by atoms with Crippen molar-refractivity contribution in [1.29, 1.82) is 0 Å². The van der Waals surface area contributed by atoms with Crippen molar-refractivity contribution in [3.8, 4) is 0 Å². The van der Waals surface area contributed by atoms with Gasteiger partial charge in [-0.2, -0.15) is 0 Å². The number of unbranched alkanes of at least 4 members (excludes halogenated alkanes) is 33. The molecular formula is C60H111O11P. The van der Waals surface area contributed by atoms with Crippen LogP contribution >= 0.6 is 7.82 Å². The molecule has 11 nitrogen and oxygen atoms in total. The standard InChI is InChI=1S/C60H111O11P/c1-4-7-10-13-16-19-22-25-27-28-30-33-36-39-42-45-48-51-60(64)71-57(53-67-58(62)49-46-43-40-37-34-31-24-21-18-15-12-9-6-3)55-69-72(65,66)68-54-56(52-61)70-59(63)50-47-44-41-38-35-32-29-26-23-20-17-14-11-8-5-2/h16,19,21,24-25,27,56-57,61H,4-15,17-18,20,22-23,26,28-55H2,1-3H3,(H,65,66)/b19-16-,24-21-,27-25-. The lowest BCUT2D eigenvalue weighted by molar-refractivity contribution is -0.161. The van der Waals surface area contributed by atoms with Gasteiger partial charge in [-0.05, 0) is 77.0 Å². The highest BCUT2D eigenvalue weighted by atomic mass is 31.2. The van der Waals surface area contributed by atoms with Crippen molar-refractivity contribution in [2.24, 2.45) is 0 Å². The largest absolute Gasteiger partial charge is 0.472 e. The Kier molecular flexibility index (Phi) is 53.2. The van der Waals surface area contributed by atoms with Crippen molar-refractivity contribution >= 4 is 25.7 Å². The van der Waals surface area contributed by atoms with Crippen LogP contribution in [0, 0.1) is 0 Å². The Morgan fingerprint density at radius 1 is 0.389 bits per heavy atom. The molecule has 0 aliphatic carbocycles. The minimum atomic E-state index is -4.75. The number of carbonyl (C=O) groups is 3. The van der Waals surface area contributed by atoms with Crippen molar-refractivity contribution in [2.75, 3.05) is 26.4 Å². The van der Waals surface area contributed by atoms with E-state index in [2.05, 4.69) is 57.2 Å². The monoisotopic (exact) mass is 1040 g/mol. The molecule has 0 fully saturated rings. The maximum atomic E-state index is 12.9. The molecule has 0 aromatic rings. The Hall–Kier alpha value is -2.30. The lowest BCUT2D eigenvalue weighted by Crippen LogP contribution is -2.30. The number of ether oxygens (including phenoxy) is 3. The summed E-state index contributed by atoms with van der Waals surface area (Å²) in [6, 6.07) is 0. The second-order valence-electron chi connectivity index (χ2n) is 20.2. The predicted octanol–water partition coefficient (Wildman–Crippen LogP) is 17.6. The maximum absolute atomic E-state index is 12.9. The smallest absolute Gasteiger partial charge is 0.462 e. The van der Waals surface area contributed by atoms with Crippen molar-refractivity contribution < 1.29 is 52.2 Å². The van der Waals surface area contributed by atoms with Crippen LogP contribution in [-0.2, 0) is 42.2 Å². The number of aliphatic hydroxyl groups is 1. The van der Waals surface area contributed by atoms with Gasteiger partial charge in [0, 0.05) is 19.3 Å². The Labute approximate surface area is 441 Å². The molecule has 3 atom stereocenters. The minimum Gasteiger partial charge on any atom is -0.462 e. The topological polar surface area (TPSA) is 155 Å². The zero-order valence-electron chi connectivity index (χ0n) is 46.7. The molecule has 0 bridgehead atoms. The molecule has 422 valence electrons. The highest BCUT2D eigenvalue weighted by Crippen LogP contribution is 2.43. The van der Waals surface area contributed by atoms with Crippen molar-refractivity contribution in [2.45, 2.75) is 303 Å². The molecule has 0 saturated heterocycles. The highest BCUT2D eigenvalue weighted by molar-refractivity contribution is 7.47. The second-order valence-corrected chi connectivity index (χ2v) is 21.6. The van der Waals surface area contributed by atoms with E-state index in [4.69, 9.17) is 23.3 Å². The summed E-state index contributed by atoms with van der Waals surface area (Å²) in [5.41, 5.74) is 0. The Morgan fingerprint density at radius 2 is 0.681 bits per heavy atom. The third-order valence-electron chi connectivity index (χ3n) is 13.0. The fraction of sp³-hybridized carbons (Fsp3) is 0.850. The molecule has 0 amide bonds. The lowest BCUT2D eigenvalue weighted by Gasteiger charge is -2.21. The summed E-state index contributed by atoms with van der Waals surface area (Å²) in [5, 5.41) is 9.82. The van der Waals surface area contributed by atoms with Gasteiger partial charge >= 0.3 is 25.7 Å². The van der Waals surface area contributed by atoms with E-state index in [1.807, 2.05) is 0 Å². The molecule has 0 aliphatic rings. The SMILES string of the molecule is CCCCC/C=C\C/C=C\CCCCCCCCCC(=O)OC(COC(=O)CCCCCCC/C=C\CCCCCC)COP(=O)(O)OCC(CO)OC(=O)CCCCCCCCCCCCCCCCC. The fourth-order valence-electron chi connectivity index (χ4n) is 8.44. The van der Waals surface area contributed by atoms with E-state index in [0.29, 0.717) is 19.3 Å². The second kappa shape index (κ2) is 54.9. The van der Waals surface area contributed by atoms with Gasteiger partial charge in [-0.3, -0.25) is 23.4 Å². The Bertz CT molecular complexity index is 1350. The molecule has 12 heteroatoms. The van der Waals surface area contributed by atoms with Gasteiger partial charge < -0.3 is 24.2 Å². The zero-order chi connectivity index (χ0) is 52.7. The van der Waals surface area contributed by atoms with Crippen LogP contribution in [0.25, 0.3) is 0 Å². The van der Waals surface area contributed by atoms with Gasteiger partial charge in [0.05, 0.1) is 19.8 Å². The third-order valence-corrected chi connectivity index (χ3v) is 14.0. The first-order chi connectivity index (χ1) is 35.2. The van der Waals surface area contributed by atoms with Crippen LogP contribution < -0.4 is 0 Å². The molecular weight excluding hydrogens is 928 g/mol. The average molecular weight is 1040 g/mol. The molecule has 0 aliphatic heterocycles. The van der Waals surface area contributed by atoms with Gasteiger partial charge in [0.2, 0.25) is 0 Å². The number of esters is 3. The third kappa shape index (κ3) is 52.6.